The van der Waals surface area contributed by atoms with Gasteiger partial charge in [0.05, 0.1) is 58.9 Å². The molecule has 3 fully saturated rings. The molecule has 19 atom stereocenters. The van der Waals surface area contributed by atoms with E-state index in [9.17, 15) is 48.0 Å². The summed E-state index contributed by atoms with van der Waals surface area (Å²) in [5, 5.41) is 48.6. The fourth-order valence-electron chi connectivity index (χ4n) is 12.4. The number of esters is 1. The quantitative estimate of drug-likeness (QED) is 0.0586. The largest absolute Gasteiger partial charge is 0.477 e. The van der Waals surface area contributed by atoms with Gasteiger partial charge in [-0.15, -0.1) is 11.8 Å². The summed E-state index contributed by atoms with van der Waals surface area (Å²) in [4.78, 5) is 56.7. The van der Waals surface area contributed by atoms with E-state index in [1.807, 2.05) is 43.5 Å². The third-order valence-electron chi connectivity index (χ3n) is 17.3. The minimum Gasteiger partial charge on any atom is -0.477 e. The summed E-state index contributed by atoms with van der Waals surface area (Å²) < 4.78 is 80.3. The molecule has 1 aromatic heterocycles. The van der Waals surface area contributed by atoms with E-state index in [1.165, 1.54) is 46.0 Å². The molecule has 23 heteroatoms. The number of carbonyl (C=O) groups is 3. The summed E-state index contributed by atoms with van der Waals surface area (Å²) in [6.45, 7) is 19.1. The van der Waals surface area contributed by atoms with Crippen molar-refractivity contribution in [3.63, 3.8) is 0 Å². The van der Waals surface area contributed by atoms with Crippen molar-refractivity contribution in [2.24, 2.45) is 23.7 Å². The first kappa shape index (κ1) is 65.0. The molecule has 448 valence electrons. The maximum atomic E-state index is 14.6. The van der Waals surface area contributed by atoms with Crippen molar-refractivity contribution in [1.82, 2.24) is 14.8 Å². The molecule has 4 aliphatic heterocycles. The Labute approximate surface area is 470 Å². The second kappa shape index (κ2) is 26.2. The smallest absolute Gasteiger partial charge is 0.341 e. The number of pyridine rings is 1. The van der Waals surface area contributed by atoms with Gasteiger partial charge in [0.15, 0.2) is 12.6 Å². The molecule has 2 aromatic rings. The van der Waals surface area contributed by atoms with Gasteiger partial charge in [-0.3, -0.25) is 18.6 Å². The number of nitrogens with zero attached hydrogens (tertiary/aromatic N) is 2. The number of hydrogen-bond acceptors (Lipinski definition) is 20. The van der Waals surface area contributed by atoms with Crippen LogP contribution >= 0.6 is 11.8 Å². The summed E-state index contributed by atoms with van der Waals surface area (Å²) in [5.41, 5.74) is -3.83. The lowest BCUT2D eigenvalue weighted by Gasteiger charge is -2.50. The van der Waals surface area contributed by atoms with Crippen molar-refractivity contribution in [3.8, 4) is 0 Å². The number of hydrogen-bond donors (Lipinski definition) is 5. The molecule has 5 N–H and O–H groups in total. The number of carboxylic acid groups (broad SMARTS) is 1. The predicted octanol–water partition coefficient (Wildman–Crippen LogP) is 4.70. The topological polar surface area (TPSA) is 277 Å². The number of carboxylic acids is 1. The number of aryl methyl sites for hydroxylation is 1. The van der Waals surface area contributed by atoms with Gasteiger partial charge < -0.3 is 68.4 Å². The number of rotatable bonds is 18. The molecule has 0 bridgehead atoms. The van der Waals surface area contributed by atoms with E-state index in [1.54, 1.807) is 54.5 Å². The summed E-state index contributed by atoms with van der Waals surface area (Å²) in [6.07, 6.45) is -7.58. The van der Waals surface area contributed by atoms with Crippen molar-refractivity contribution < 1.29 is 80.6 Å². The van der Waals surface area contributed by atoms with E-state index >= 15 is 0 Å². The van der Waals surface area contributed by atoms with E-state index in [-0.39, 0.29) is 55.3 Å². The predicted molar refractivity (Wildman–Crippen MR) is 295 cm³/mol. The number of aliphatic hydroxyl groups is 3. The molecular weight excluding hydrogens is 1070 g/mol. The number of Topliss-reactive ketones (excluding diaryl/α,β-unsaturated/α-hetero) is 1. The van der Waals surface area contributed by atoms with Gasteiger partial charge in [0, 0.05) is 85.8 Å². The van der Waals surface area contributed by atoms with E-state index in [4.69, 9.17) is 37.3 Å². The second-order valence-corrected chi connectivity index (χ2v) is 26.4. The number of methoxy groups -OCH3 is 2. The van der Waals surface area contributed by atoms with Crippen molar-refractivity contribution in [2.75, 3.05) is 52.9 Å². The zero-order valence-corrected chi connectivity index (χ0v) is 50.4. The van der Waals surface area contributed by atoms with Crippen LogP contribution in [0.15, 0.2) is 28.0 Å². The monoisotopic (exact) mass is 1160 g/mol. The Morgan fingerprint density at radius 3 is 2.20 bits per heavy atom. The Hall–Kier alpha value is -3.14. The maximum Gasteiger partial charge on any atom is 0.341 e. The zero-order chi connectivity index (χ0) is 58.9. The average Bonchev–Trinajstić information content (AvgIpc) is 3.40. The Kier molecular flexibility index (Phi) is 21.6. The highest BCUT2D eigenvalue weighted by atomic mass is 32.2. The molecule has 6 rings (SSSR count). The first-order valence-electron chi connectivity index (χ1n) is 27.8. The Balaban J connectivity index is 1.21. The molecular formula is C56H89N3O18S2. The molecule has 0 spiro atoms. The van der Waals surface area contributed by atoms with Crippen LogP contribution in [0.4, 0.5) is 0 Å². The standard InChI is InChI=1S/C56H89N3O18S2/c1-16-41-56(11,67)48(63)32(5)44(60)29(2)26-54(9,70-14)49(76-53-46(62)40(58(12)13)23-31(4)72-53)33(6)47(34(7)52(66)74-41)75-42-27-55(10,71-15)50(35(8)73-42)77-79(68,69)22-20-57-19-21-78-37-24-36-18-17-30(3)59-28-39(51(64)65)45(61)38(25-37)43(36)59/h24-25,28-35,40-42,46-50,53,57,62-63,67H,16-23,26-27H2,1-15H3,(H,64,65)/t29-,30?,31-,32+,33+,34-,35+,40+,41-,42+,46-,47+,48-,49-,50+,53+,54-,55-,56-/m1/s1. The van der Waals surface area contributed by atoms with E-state index < -0.39 is 129 Å². The molecule has 1 aromatic carbocycles. The van der Waals surface area contributed by atoms with Crippen LogP contribution in [0.2, 0.25) is 0 Å². The van der Waals surface area contributed by atoms with E-state index in [2.05, 4.69) is 5.32 Å². The van der Waals surface area contributed by atoms with Gasteiger partial charge in [0.2, 0.25) is 5.43 Å². The summed E-state index contributed by atoms with van der Waals surface area (Å²) in [6, 6.07) is 3.44. The minimum atomic E-state index is -4.22. The Morgan fingerprint density at radius 1 is 0.924 bits per heavy atom. The molecule has 3 saturated heterocycles. The third-order valence-corrected chi connectivity index (χ3v) is 19.5. The van der Waals surface area contributed by atoms with Gasteiger partial charge >= 0.3 is 11.9 Å². The van der Waals surface area contributed by atoms with Gasteiger partial charge in [-0.2, -0.15) is 8.42 Å². The van der Waals surface area contributed by atoms with Crippen LogP contribution in [-0.2, 0) is 63.5 Å². The van der Waals surface area contributed by atoms with Gasteiger partial charge in [0.1, 0.15) is 35.3 Å². The van der Waals surface area contributed by atoms with Gasteiger partial charge in [0.25, 0.3) is 10.1 Å². The first-order valence-corrected chi connectivity index (χ1v) is 30.3. The van der Waals surface area contributed by atoms with Crippen LogP contribution in [0.1, 0.15) is 130 Å². The van der Waals surface area contributed by atoms with Crippen LogP contribution in [0, 0.1) is 23.7 Å². The summed E-state index contributed by atoms with van der Waals surface area (Å²) >= 11 is 1.47. The highest BCUT2D eigenvalue weighted by molar-refractivity contribution is 7.99. The van der Waals surface area contributed by atoms with E-state index in [0.29, 0.717) is 24.1 Å². The molecule has 4 aliphatic rings. The summed E-state index contributed by atoms with van der Waals surface area (Å²) in [7, 11) is 2.38. The van der Waals surface area contributed by atoms with Crippen LogP contribution in [0.25, 0.3) is 10.9 Å². The minimum absolute atomic E-state index is 0.0312. The molecule has 0 amide bonds. The van der Waals surface area contributed by atoms with Crippen LogP contribution in [0.5, 0.6) is 0 Å². The second-order valence-electron chi connectivity index (χ2n) is 23.5. The number of cyclic esters (lactones) is 1. The highest BCUT2D eigenvalue weighted by Gasteiger charge is 2.55. The van der Waals surface area contributed by atoms with Gasteiger partial charge in [-0.1, -0.05) is 27.7 Å². The molecule has 0 saturated carbocycles. The molecule has 1 unspecified atom stereocenters. The number of ether oxygens (including phenoxy) is 7. The number of aliphatic hydroxyl groups excluding tert-OH is 2. The highest BCUT2D eigenvalue weighted by Crippen LogP contribution is 2.43. The SMILES string of the molecule is CC[C@H]1OC(=O)[C@H](C)[C@@H](O[C@H]2C[C@@](C)(OC)[C@@H](OS(=O)(=O)CCNCCSc3cc4c5c(c3)c(=O)c(C(=O)O)cn5C(C)CC4)[C@H](C)O2)[C@H](C)[C@@H](O[C@@H]2O[C@H](C)C[C@H](N(C)C)[C@H]2O)[C@](C)(OC)C[C@@H](C)C(=O)[C@H](C)[C@@H](O)[C@]1(C)O. The van der Waals surface area contributed by atoms with E-state index in [0.717, 1.165) is 28.8 Å². The number of nitrogens with one attached hydrogen (secondary N) is 1. The molecule has 0 radical (unpaired) electrons. The van der Waals surface area contributed by atoms with Gasteiger partial charge in [-0.05, 0) is 112 Å². The van der Waals surface area contributed by atoms with Crippen LogP contribution < -0.4 is 10.7 Å². The lowest BCUT2D eigenvalue weighted by molar-refractivity contribution is -0.317. The normalized spacial score (nSPS) is 38.2. The first-order chi connectivity index (χ1) is 36.8. The average molecular weight is 1160 g/mol. The number of ketones is 1. The van der Waals surface area contributed by atoms with Crippen molar-refractivity contribution in [2.45, 2.75) is 210 Å². The lowest BCUT2D eigenvalue weighted by atomic mass is 9.74. The third kappa shape index (κ3) is 14.3. The van der Waals surface area contributed by atoms with Crippen molar-refractivity contribution in [3.05, 3.63) is 39.7 Å². The Bertz CT molecular complexity index is 2640. The molecule has 79 heavy (non-hydrogen) atoms. The number of aromatic carboxylic acids is 1. The maximum absolute atomic E-state index is 14.6. The fourth-order valence-corrected chi connectivity index (χ4v) is 14.4. The number of thioether (sulfide) groups is 1. The van der Waals surface area contributed by atoms with Gasteiger partial charge in [-0.25, -0.2) is 4.79 Å². The number of benzene rings is 1. The van der Waals surface area contributed by atoms with Crippen molar-refractivity contribution >= 4 is 50.5 Å². The zero-order valence-electron chi connectivity index (χ0n) is 48.8. The van der Waals surface area contributed by atoms with Crippen LogP contribution in [0.3, 0.4) is 0 Å². The lowest BCUT2D eigenvalue weighted by Crippen LogP contribution is -2.62. The Morgan fingerprint density at radius 2 is 1.58 bits per heavy atom. The molecule has 5 heterocycles. The molecule has 0 aliphatic carbocycles. The summed E-state index contributed by atoms with van der Waals surface area (Å²) in [5.74, 6) is -6.18. The van der Waals surface area contributed by atoms with Crippen molar-refractivity contribution in [1.29, 1.82) is 0 Å². The van der Waals surface area contributed by atoms with Crippen LogP contribution in [-0.4, -0.2) is 193 Å². The number of aromatic nitrogens is 1. The molecule has 21 nitrogen and oxygen atoms in total. The number of carbonyl (C=O) groups excluding carboxylic acids is 2. The fraction of sp³-hybridized carbons (Fsp3) is 0.786. The number of likely N-dealkylation sites (N-methyl/N-ethyl adjacent to an activating group) is 1.